The van der Waals surface area contributed by atoms with E-state index in [4.69, 9.17) is 0 Å². The Hall–Kier alpha value is -1.14. The Labute approximate surface area is 127 Å². The average Bonchev–Trinajstić information content (AvgIpc) is 2.44. The van der Waals surface area contributed by atoms with E-state index >= 15 is 0 Å². The van der Waals surface area contributed by atoms with Crippen LogP contribution in [0.25, 0.3) is 0 Å². The van der Waals surface area contributed by atoms with Crippen molar-refractivity contribution in [2.75, 3.05) is 26.0 Å². The smallest absolute Gasteiger partial charge is 0.283 e. The number of nitrogens with one attached hydrogen (secondary N) is 1. The van der Waals surface area contributed by atoms with Crippen molar-refractivity contribution in [1.82, 2.24) is 14.7 Å². The average molecular weight is 341 g/mol. The summed E-state index contributed by atoms with van der Waals surface area (Å²) in [6.07, 6.45) is 9.29. The number of anilines is 1. The van der Waals surface area contributed by atoms with Gasteiger partial charge >= 0.3 is 0 Å². The molecule has 5 nitrogen and oxygen atoms in total. The lowest BCUT2D eigenvalue weighted by molar-refractivity contribution is 0.367. The van der Waals surface area contributed by atoms with Crippen molar-refractivity contribution in [3.8, 4) is 0 Å². The maximum Gasteiger partial charge on any atom is 0.283 e. The maximum absolute atomic E-state index is 12.2. The third kappa shape index (κ3) is 3.93. The molecule has 1 unspecified atom stereocenters. The molecular weight excluding hydrogens is 320 g/mol. The van der Waals surface area contributed by atoms with Gasteiger partial charge in [0, 0.05) is 12.6 Å². The van der Waals surface area contributed by atoms with Crippen molar-refractivity contribution >= 4 is 21.6 Å². The van der Waals surface area contributed by atoms with E-state index in [-0.39, 0.29) is 5.56 Å². The van der Waals surface area contributed by atoms with Crippen molar-refractivity contribution in [3.63, 3.8) is 0 Å². The molecule has 0 aromatic carbocycles. The third-order valence-electron chi connectivity index (χ3n) is 3.37. The van der Waals surface area contributed by atoms with Gasteiger partial charge < -0.3 is 10.2 Å². The summed E-state index contributed by atoms with van der Waals surface area (Å²) in [5.41, 5.74) is 0.708. The third-order valence-corrected chi connectivity index (χ3v) is 4.14. The normalized spacial score (nSPS) is 18.5. The first-order valence-electron chi connectivity index (χ1n) is 6.90. The SMILES string of the molecule is CN(C)CCn1ncc(NC2CC=CCC2)c(Br)c1=O. The molecule has 0 amide bonds. The predicted molar refractivity (Wildman–Crippen MR) is 85.2 cm³/mol. The molecule has 0 saturated heterocycles. The van der Waals surface area contributed by atoms with Crippen molar-refractivity contribution < 1.29 is 0 Å². The molecule has 1 N–H and O–H groups in total. The van der Waals surface area contributed by atoms with E-state index in [1.165, 1.54) is 4.68 Å². The monoisotopic (exact) mass is 340 g/mol. The Balaban J connectivity index is 2.09. The van der Waals surface area contributed by atoms with Crippen LogP contribution < -0.4 is 10.9 Å². The Bertz CT molecular complexity index is 538. The molecule has 0 saturated carbocycles. The second kappa shape index (κ2) is 7.04. The number of halogens is 1. The molecule has 1 heterocycles. The van der Waals surface area contributed by atoms with Gasteiger partial charge in [0.05, 0.1) is 18.4 Å². The minimum absolute atomic E-state index is 0.0804. The van der Waals surface area contributed by atoms with E-state index in [0.29, 0.717) is 17.1 Å². The maximum atomic E-state index is 12.2. The predicted octanol–water partition coefficient (Wildman–Crippen LogP) is 2.09. The number of rotatable bonds is 5. The van der Waals surface area contributed by atoms with E-state index in [9.17, 15) is 4.79 Å². The van der Waals surface area contributed by atoms with Crippen LogP contribution >= 0.6 is 15.9 Å². The van der Waals surface area contributed by atoms with E-state index < -0.39 is 0 Å². The van der Waals surface area contributed by atoms with Crippen molar-refractivity contribution in [2.24, 2.45) is 0 Å². The molecule has 2 rings (SSSR count). The Morgan fingerprint density at radius 2 is 2.30 bits per heavy atom. The molecule has 0 bridgehead atoms. The fraction of sp³-hybridized carbons (Fsp3) is 0.571. The second-order valence-corrected chi connectivity index (χ2v) is 6.12. The van der Waals surface area contributed by atoms with Crippen LogP contribution in [0.15, 0.2) is 27.6 Å². The van der Waals surface area contributed by atoms with Crippen molar-refractivity contribution in [3.05, 3.63) is 33.2 Å². The number of hydrogen-bond donors (Lipinski definition) is 1. The molecule has 1 aromatic rings. The first kappa shape index (κ1) is 15.3. The molecule has 1 aromatic heterocycles. The molecule has 0 fully saturated rings. The number of nitrogens with zero attached hydrogens (tertiary/aromatic N) is 3. The summed E-state index contributed by atoms with van der Waals surface area (Å²) in [5.74, 6) is 0. The molecule has 110 valence electrons. The van der Waals surface area contributed by atoms with Gasteiger partial charge in [-0.15, -0.1) is 0 Å². The first-order valence-corrected chi connectivity index (χ1v) is 7.69. The van der Waals surface area contributed by atoms with Gasteiger partial charge in [-0.3, -0.25) is 4.79 Å². The topological polar surface area (TPSA) is 50.2 Å². The summed E-state index contributed by atoms with van der Waals surface area (Å²) in [7, 11) is 3.96. The largest absolute Gasteiger partial charge is 0.380 e. The van der Waals surface area contributed by atoms with Gasteiger partial charge in [0.15, 0.2) is 0 Å². The highest BCUT2D eigenvalue weighted by molar-refractivity contribution is 9.10. The van der Waals surface area contributed by atoms with Crippen LogP contribution in [0.4, 0.5) is 5.69 Å². The Morgan fingerprint density at radius 1 is 1.50 bits per heavy atom. The number of aromatic nitrogens is 2. The summed E-state index contributed by atoms with van der Waals surface area (Å²) < 4.78 is 2.07. The fourth-order valence-corrected chi connectivity index (χ4v) is 2.59. The summed E-state index contributed by atoms with van der Waals surface area (Å²) in [5, 5.41) is 7.64. The minimum Gasteiger partial charge on any atom is -0.380 e. The van der Waals surface area contributed by atoms with Crippen LogP contribution in [-0.4, -0.2) is 41.4 Å². The van der Waals surface area contributed by atoms with Gasteiger partial charge in [0.2, 0.25) is 0 Å². The molecule has 1 atom stereocenters. The van der Waals surface area contributed by atoms with Crippen LogP contribution in [0.5, 0.6) is 0 Å². The Morgan fingerprint density at radius 3 is 2.95 bits per heavy atom. The zero-order chi connectivity index (χ0) is 14.5. The van der Waals surface area contributed by atoms with Gasteiger partial charge in [-0.1, -0.05) is 12.2 Å². The highest BCUT2D eigenvalue weighted by Gasteiger charge is 2.14. The lowest BCUT2D eigenvalue weighted by Crippen LogP contribution is -2.30. The van der Waals surface area contributed by atoms with Gasteiger partial charge in [-0.2, -0.15) is 5.10 Å². The summed E-state index contributed by atoms with van der Waals surface area (Å²) in [6, 6.07) is 0.384. The van der Waals surface area contributed by atoms with Gasteiger partial charge in [-0.05, 0) is 49.3 Å². The lowest BCUT2D eigenvalue weighted by atomic mass is 10.0. The number of hydrogen-bond acceptors (Lipinski definition) is 4. The summed E-state index contributed by atoms with van der Waals surface area (Å²) in [4.78, 5) is 14.3. The molecule has 0 aliphatic heterocycles. The second-order valence-electron chi connectivity index (χ2n) is 5.33. The lowest BCUT2D eigenvalue weighted by Gasteiger charge is -2.21. The standard InChI is InChI=1S/C14H21BrN4O/c1-18(2)8-9-19-14(20)13(15)12(10-16-19)17-11-6-4-3-5-7-11/h3-4,10-11,17H,5-9H2,1-2H3. The highest BCUT2D eigenvalue weighted by atomic mass is 79.9. The molecule has 1 aliphatic carbocycles. The summed E-state index contributed by atoms with van der Waals surface area (Å²) >= 11 is 3.40. The van der Waals surface area contributed by atoms with Crippen LogP contribution in [0.3, 0.4) is 0 Å². The Kier molecular flexibility index (Phi) is 5.37. The van der Waals surface area contributed by atoms with E-state index in [1.807, 2.05) is 19.0 Å². The van der Waals surface area contributed by atoms with Crippen LogP contribution in [0.1, 0.15) is 19.3 Å². The van der Waals surface area contributed by atoms with E-state index in [2.05, 4.69) is 38.5 Å². The quantitative estimate of drug-likeness (QED) is 0.834. The van der Waals surface area contributed by atoms with Crippen molar-refractivity contribution in [1.29, 1.82) is 0 Å². The number of allylic oxidation sites excluding steroid dienone is 1. The fourth-order valence-electron chi connectivity index (χ4n) is 2.16. The minimum atomic E-state index is -0.0804. The van der Waals surface area contributed by atoms with E-state index in [0.717, 1.165) is 31.5 Å². The number of likely N-dealkylation sites (N-methyl/N-ethyl adjacent to an activating group) is 1. The molecule has 0 radical (unpaired) electrons. The molecule has 20 heavy (non-hydrogen) atoms. The molecular formula is C14H21BrN4O. The molecule has 6 heteroatoms. The van der Waals surface area contributed by atoms with Crippen LogP contribution in [0, 0.1) is 0 Å². The first-order chi connectivity index (χ1) is 9.58. The summed E-state index contributed by atoms with van der Waals surface area (Å²) in [6.45, 7) is 1.39. The van der Waals surface area contributed by atoms with Crippen molar-refractivity contribution in [2.45, 2.75) is 31.8 Å². The van der Waals surface area contributed by atoms with Gasteiger partial charge in [0.25, 0.3) is 5.56 Å². The molecule has 1 aliphatic rings. The van der Waals surface area contributed by atoms with Gasteiger partial charge in [-0.25, -0.2) is 4.68 Å². The van der Waals surface area contributed by atoms with Crippen LogP contribution in [-0.2, 0) is 6.54 Å². The zero-order valence-electron chi connectivity index (χ0n) is 12.0. The van der Waals surface area contributed by atoms with Gasteiger partial charge in [0.1, 0.15) is 4.47 Å². The highest BCUT2D eigenvalue weighted by Crippen LogP contribution is 2.21. The molecule has 0 spiro atoms. The zero-order valence-corrected chi connectivity index (χ0v) is 13.6. The van der Waals surface area contributed by atoms with Crippen LogP contribution in [0.2, 0.25) is 0 Å². The van der Waals surface area contributed by atoms with E-state index in [1.54, 1.807) is 6.20 Å².